The normalized spacial score (nSPS) is 14.8. The average molecular weight is 470 g/mol. The highest BCUT2D eigenvalue weighted by Crippen LogP contribution is 2.18. The minimum atomic E-state index is -3.64. The van der Waals surface area contributed by atoms with E-state index in [4.69, 9.17) is 9.47 Å². The lowest BCUT2D eigenvalue weighted by Crippen LogP contribution is -2.40. The number of nitrogens with one attached hydrogen (secondary N) is 2. The summed E-state index contributed by atoms with van der Waals surface area (Å²) in [5, 5.41) is 2.81. The fourth-order valence-electron chi connectivity index (χ4n) is 3.48. The zero-order valence-electron chi connectivity index (χ0n) is 18.2. The number of hydrogen-bond donors (Lipinski definition) is 2. The third-order valence-corrected chi connectivity index (χ3v) is 7.24. The molecule has 4 rings (SSSR count). The molecule has 2 aromatic carbocycles. The lowest BCUT2D eigenvalue weighted by molar-refractivity contribution is 0.0730. The summed E-state index contributed by atoms with van der Waals surface area (Å²) in [5.41, 5.74) is 3.31. The van der Waals surface area contributed by atoms with E-state index in [0.717, 1.165) is 16.7 Å². The second kappa shape index (κ2) is 10.8. The first-order valence-corrected chi connectivity index (χ1v) is 12.2. The van der Waals surface area contributed by atoms with E-state index < -0.39 is 10.0 Å². The summed E-state index contributed by atoms with van der Waals surface area (Å²) < 4.78 is 37.7. The summed E-state index contributed by atoms with van der Waals surface area (Å²) in [4.78, 5) is 15.3. The molecule has 1 aliphatic heterocycles. The summed E-state index contributed by atoms with van der Waals surface area (Å²) in [6, 6.07) is 19.2. The van der Waals surface area contributed by atoms with Gasteiger partial charge in [-0.15, -0.1) is 0 Å². The predicted octanol–water partition coefficient (Wildman–Crippen LogP) is 2.68. The van der Waals surface area contributed by atoms with Gasteiger partial charge in [-0.05, 0) is 22.8 Å². The van der Waals surface area contributed by atoms with Crippen molar-refractivity contribution in [3.63, 3.8) is 0 Å². The first-order valence-electron chi connectivity index (χ1n) is 10.8. The Morgan fingerprint density at radius 2 is 1.61 bits per heavy atom. The van der Waals surface area contributed by atoms with Crippen molar-refractivity contribution in [3.8, 4) is 0 Å². The van der Waals surface area contributed by atoms with Gasteiger partial charge >= 0.3 is 0 Å². The summed E-state index contributed by atoms with van der Waals surface area (Å²) in [5.74, 6) is -0.367. The van der Waals surface area contributed by atoms with E-state index in [-0.39, 0.29) is 16.5 Å². The SMILES string of the molecule is O=C(NCc1ccc(COCc2ccccc2)cc1)c1cc(S(=O)(=O)N2CCOCC2)c[nH]1. The van der Waals surface area contributed by atoms with Crippen molar-refractivity contribution in [2.45, 2.75) is 24.7 Å². The maximum Gasteiger partial charge on any atom is 0.268 e. The van der Waals surface area contributed by atoms with Crippen molar-refractivity contribution in [2.75, 3.05) is 26.3 Å². The number of amides is 1. The van der Waals surface area contributed by atoms with Gasteiger partial charge in [0.15, 0.2) is 0 Å². The summed E-state index contributed by atoms with van der Waals surface area (Å²) >= 11 is 0. The van der Waals surface area contributed by atoms with E-state index in [2.05, 4.69) is 10.3 Å². The highest BCUT2D eigenvalue weighted by molar-refractivity contribution is 7.89. The second-order valence-corrected chi connectivity index (χ2v) is 9.68. The van der Waals surface area contributed by atoms with Crippen LogP contribution < -0.4 is 5.32 Å². The predicted molar refractivity (Wildman–Crippen MR) is 123 cm³/mol. The number of hydrogen-bond acceptors (Lipinski definition) is 5. The van der Waals surface area contributed by atoms with Crippen LogP contribution in [0, 0.1) is 0 Å². The molecule has 1 amide bonds. The Hall–Kier alpha value is -2.98. The molecule has 0 bridgehead atoms. The Labute approximate surface area is 193 Å². The first kappa shape index (κ1) is 23.2. The minimum absolute atomic E-state index is 0.0782. The van der Waals surface area contributed by atoms with E-state index >= 15 is 0 Å². The number of benzene rings is 2. The monoisotopic (exact) mass is 469 g/mol. The first-order chi connectivity index (χ1) is 16.0. The molecular weight excluding hydrogens is 442 g/mol. The maximum absolute atomic E-state index is 12.7. The van der Waals surface area contributed by atoms with Crippen LogP contribution in [0.4, 0.5) is 0 Å². The Morgan fingerprint density at radius 1 is 0.970 bits per heavy atom. The van der Waals surface area contributed by atoms with Crippen LogP contribution in [0.5, 0.6) is 0 Å². The minimum Gasteiger partial charge on any atom is -0.379 e. The molecule has 1 aliphatic rings. The highest BCUT2D eigenvalue weighted by atomic mass is 32.2. The molecule has 0 radical (unpaired) electrons. The Morgan fingerprint density at radius 3 is 2.30 bits per heavy atom. The summed E-state index contributed by atoms with van der Waals surface area (Å²) in [6.45, 7) is 2.74. The number of ether oxygens (including phenoxy) is 2. The summed E-state index contributed by atoms with van der Waals surface area (Å²) in [7, 11) is -3.64. The fourth-order valence-corrected chi connectivity index (χ4v) is 4.88. The van der Waals surface area contributed by atoms with Gasteiger partial charge in [0.25, 0.3) is 5.91 Å². The van der Waals surface area contributed by atoms with Gasteiger partial charge in [-0.3, -0.25) is 4.79 Å². The Bertz CT molecular complexity index is 1150. The number of carbonyl (C=O) groups is 1. The number of aromatic amines is 1. The molecule has 3 aromatic rings. The third-order valence-electron chi connectivity index (χ3n) is 5.37. The quantitative estimate of drug-likeness (QED) is 0.502. The zero-order valence-corrected chi connectivity index (χ0v) is 19.0. The Balaban J connectivity index is 1.26. The van der Waals surface area contributed by atoms with Crippen molar-refractivity contribution >= 4 is 15.9 Å². The topological polar surface area (TPSA) is 101 Å². The van der Waals surface area contributed by atoms with Crippen molar-refractivity contribution in [3.05, 3.63) is 89.2 Å². The van der Waals surface area contributed by atoms with Crippen LogP contribution in [-0.2, 0) is 39.3 Å². The third kappa shape index (κ3) is 6.08. The van der Waals surface area contributed by atoms with E-state index in [0.29, 0.717) is 46.1 Å². The molecule has 0 unspecified atom stereocenters. The van der Waals surface area contributed by atoms with Gasteiger partial charge in [0, 0.05) is 25.8 Å². The lowest BCUT2D eigenvalue weighted by Gasteiger charge is -2.25. The molecule has 0 spiro atoms. The molecule has 1 aromatic heterocycles. The molecular formula is C24H27N3O5S. The number of rotatable bonds is 9. The number of sulfonamides is 1. The molecule has 2 heterocycles. The van der Waals surface area contributed by atoms with Gasteiger partial charge in [-0.25, -0.2) is 8.42 Å². The van der Waals surface area contributed by atoms with Crippen LogP contribution in [0.2, 0.25) is 0 Å². The van der Waals surface area contributed by atoms with Gasteiger partial charge < -0.3 is 19.8 Å². The zero-order chi connectivity index (χ0) is 23.1. The van der Waals surface area contributed by atoms with Crippen molar-refractivity contribution in [1.82, 2.24) is 14.6 Å². The van der Waals surface area contributed by atoms with Crippen molar-refractivity contribution in [1.29, 1.82) is 0 Å². The molecule has 8 nitrogen and oxygen atoms in total. The van der Waals surface area contributed by atoms with Crippen LogP contribution in [-0.4, -0.2) is 49.9 Å². The molecule has 0 atom stereocenters. The van der Waals surface area contributed by atoms with E-state index in [1.54, 1.807) is 0 Å². The van der Waals surface area contributed by atoms with Gasteiger partial charge in [0.1, 0.15) is 10.6 Å². The second-order valence-electron chi connectivity index (χ2n) is 7.74. The van der Waals surface area contributed by atoms with Crippen LogP contribution in [0.3, 0.4) is 0 Å². The largest absolute Gasteiger partial charge is 0.379 e. The van der Waals surface area contributed by atoms with E-state index in [1.807, 2.05) is 54.6 Å². The van der Waals surface area contributed by atoms with E-state index in [9.17, 15) is 13.2 Å². The number of carbonyl (C=O) groups excluding carboxylic acids is 1. The Kier molecular flexibility index (Phi) is 7.56. The van der Waals surface area contributed by atoms with Crippen LogP contribution in [0.1, 0.15) is 27.2 Å². The average Bonchev–Trinajstić information content (AvgIpc) is 3.36. The lowest BCUT2D eigenvalue weighted by atomic mass is 10.1. The molecule has 0 saturated carbocycles. The number of aromatic nitrogens is 1. The van der Waals surface area contributed by atoms with Crippen molar-refractivity contribution in [2.24, 2.45) is 0 Å². The number of H-pyrrole nitrogens is 1. The van der Waals surface area contributed by atoms with Crippen LogP contribution >= 0.6 is 0 Å². The standard InChI is InChI=1S/C24H27N3O5S/c28-24(23-14-22(16-25-23)33(29,30)27-10-12-31-13-11-27)26-15-19-6-8-21(9-7-19)18-32-17-20-4-2-1-3-5-20/h1-9,14,16,25H,10-13,15,17-18H2,(H,26,28). The maximum atomic E-state index is 12.7. The van der Waals surface area contributed by atoms with Crippen LogP contribution in [0.25, 0.3) is 0 Å². The molecule has 1 saturated heterocycles. The van der Waals surface area contributed by atoms with Gasteiger partial charge in [0.05, 0.1) is 26.4 Å². The number of nitrogens with zero attached hydrogens (tertiary/aromatic N) is 1. The summed E-state index contributed by atoms with van der Waals surface area (Å²) in [6.07, 6.45) is 1.35. The fraction of sp³-hybridized carbons (Fsp3) is 0.292. The number of morpholine rings is 1. The van der Waals surface area contributed by atoms with Crippen molar-refractivity contribution < 1.29 is 22.7 Å². The highest BCUT2D eigenvalue weighted by Gasteiger charge is 2.27. The van der Waals surface area contributed by atoms with Gasteiger partial charge in [-0.2, -0.15) is 4.31 Å². The smallest absolute Gasteiger partial charge is 0.268 e. The van der Waals surface area contributed by atoms with Crippen LogP contribution in [0.15, 0.2) is 71.8 Å². The molecule has 0 aliphatic carbocycles. The van der Waals surface area contributed by atoms with E-state index in [1.165, 1.54) is 16.6 Å². The molecule has 9 heteroatoms. The molecule has 33 heavy (non-hydrogen) atoms. The van der Waals surface area contributed by atoms with Gasteiger partial charge in [-0.1, -0.05) is 54.6 Å². The molecule has 2 N–H and O–H groups in total. The van der Waals surface area contributed by atoms with Gasteiger partial charge in [0.2, 0.25) is 10.0 Å². The molecule has 174 valence electrons. The molecule has 1 fully saturated rings.